The molecule has 0 aliphatic carbocycles. The number of aromatic nitrogens is 2. The Morgan fingerprint density at radius 1 is 1.52 bits per heavy atom. The Hall–Kier alpha value is -1.85. The summed E-state index contributed by atoms with van der Waals surface area (Å²) in [5, 5.41) is 9.65. The molecule has 0 radical (unpaired) electrons. The lowest BCUT2D eigenvalue weighted by atomic mass is 9.93. The summed E-state index contributed by atoms with van der Waals surface area (Å²) in [6.07, 6.45) is 2.00. The Kier molecular flexibility index (Phi) is 4.34. The zero-order valence-corrected chi connectivity index (χ0v) is 13.1. The van der Waals surface area contributed by atoms with Gasteiger partial charge < -0.3 is 14.7 Å². The highest BCUT2D eigenvalue weighted by atomic mass is 16.5. The van der Waals surface area contributed by atoms with E-state index < -0.39 is 11.5 Å². The molecular weight excluding hydrogens is 270 g/mol. The van der Waals surface area contributed by atoms with Gasteiger partial charge in [-0.25, -0.2) is 9.78 Å². The number of nitrogens with zero attached hydrogens (tertiary/aromatic N) is 3. The molecule has 116 valence electrons. The van der Waals surface area contributed by atoms with Crippen molar-refractivity contribution in [1.29, 1.82) is 0 Å². The van der Waals surface area contributed by atoms with Gasteiger partial charge in [0.1, 0.15) is 5.54 Å². The van der Waals surface area contributed by atoms with Crippen LogP contribution in [0.1, 0.15) is 45.7 Å². The summed E-state index contributed by atoms with van der Waals surface area (Å²) in [4.78, 5) is 22.4. The summed E-state index contributed by atoms with van der Waals surface area (Å²) in [5.41, 5.74) is -0.124. The molecule has 1 aromatic rings. The van der Waals surface area contributed by atoms with Gasteiger partial charge in [-0.2, -0.15) is 4.98 Å². The van der Waals surface area contributed by atoms with Gasteiger partial charge in [-0.05, 0) is 40.0 Å². The van der Waals surface area contributed by atoms with Crippen LogP contribution in [0.15, 0.2) is 6.07 Å². The molecule has 0 spiro atoms. The van der Waals surface area contributed by atoms with Gasteiger partial charge in [0.2, 0.25) is 11.8 Å². The van der Waals surface area contributed by atoms with Crippen LogP contribution in [0.25, 0.3) is 0 Å². The number of anilines is 1. The fraction of sp³-hybridized carbons (Fsp3) is 0.667. The molecule has 0 amide bonds. The van der Waals surface area contributed by atoms with Crippen molar-refractivity contribution in [2.24, 2.45) is 0 Å². The van der Waals surface area contributed by atoms with Crippen LogP contribution >= 0.6 is 0 Å². The van der Waals surface area contributed by atoms with Crippen molar-refractivity contribution >= 4 is 11.9 Å². The molecule has 1 unspecified atom stereocenters. The lowest BCUT2D eigenvalue weighted by Crippen LogP contribution is -2.51. The number of hydrogen-bond acceptors (Lipinski definition) is 5. The van der Waals surface area contributed by atoms with E-state index in [0.717, 1.165) is 12.1 Å². The summed E-state index contributed by atoms with van der Waals surface area (Å²) in [6, 6.07) is 1.77. The Labute approximate surface area is 125 Å². The van der Waals surface area contributed by atoms with Crippen molar-refractivity contribution in [3.8, 4) is 5.88 Å². The Balaban J connectivity index is 2.40. The predicted molar refractivity (Wildman–Crippen MR) is 79.8 cm³/mol. The maximum Gasteiger partial charge on any atom is 0.329 e. The molecule has 1 aliphatic heterocycles. The van der Waals surface area contributed by atoms with Gasteiger partial charge in [-0.3, -0.25) is 0 Å². The molecule has 1 N–H and O–H groups in total. The van der Waals surface area contributed by atoms with E-state index in [9.17, 15) is 9.90 Å². The molecule has 1 fully saturated rings. The van der Waals surface area contributed by atoms with Gasteiger partial charge in [-0.1, -0.05) is 6.92 Å². The van der Waals surface area contributed by atoms with Gasteiger partial charge in [0, 0.05) is 18.3 Å². The molecule has 1 saturated heterocycles. The third kappa shape index (κ3) is 2.94. The van der Waals surface area contributed by atoms with Gasteiger partial charge in [0.25, 0.3) is 0 Å². The van der Waals surface area contributed by atoms with Crippen LogP contribution in [0.4, 0.5) is 5.95 Å². The second-order valence-corrected chi connectivity index (χ2v) is 5.76. The number of carboxylic acid groups (broad SMARTS) is 1. The summed E-state index contributed by atoms with van der Waals surface area (Å²) < 4.78 is 5.63. The van der Waals surface area contributed by atoms with Crippen LogP contribution in [0.2, 0.25) is 0 Å². The molecule has 1 aromatic heterocycles. The first-order valence-electron chi connectivity index (χ1n) is 7.42. The predicted octanol–water partition coefficient (Wildman–Crippen LogP) is 2.41. The van der Waals surface area contributed by atoms with Crippen LogP contribution in [0.5, 0.6) is 5.88 Å². The van der Waals surface area contributed by atoms with E-state index in [1.807, 2.05) is 32.6 Å². The highest BCUT2D eigenvalue weighted by Gasteiger charge is 2.47. The molecule has 6 heteroatoms. The fourth-order valence-electron chi connectivity index (χ4n) is 2.86. The largest absolute Gasteiger partial charge is 0.479 e. The molecular formula is C15H23N3O3. The SMILES string of the molecule is CCC1(C(=O)O)CCCN1c1nc(C)cc(OC(C)C)n1. The molecule has 21 heavy (non-hydrogen) atoms. The van der Waals surface area contributed by atoms with E-state index in [-0.39, 0.29) is 6.10 Å². The number of rotatable bonds is 5. The maximum atomic E-state index is 11.8. The quantitative estimate of drug-likeness (QED) is 0.898. The number of aryl methyl sites for hydroxylation is 1. The first-order valence-corrected chi connectivity index (χ1v) is 7.42. The van der Waals surface area contributed by atoms with Crippen LogP contribution in [-0.2, 0) is 4.79 Å². The minimum Gasteiger partial charge on any atom is -0.479 e. The molecule has 6 nitrogen and oxygen atoms in total. The third-order valence-electron chi connectivity index (χ3n) is 3.89. The molecule has 2 rings (SSSR count). The van der Waals surface area contributed by atoms with Gasteiger partial charge in [0.15, 0.2) is 0 Å². The van der Waals surface area contributed by atoms with E-state index in [1.54, 1.807) is 6.07 Å². The number of carboxylic acids is 1. The van der Waals surface area contributed by atoms with Crippen LogP contribution in [0, 0.1) is 6.92 Å². The second-order valence-electron chi connectivity index (χ2n) is 5.76. The second kappa shape index (κ2) is 5.87. The van der Waals surface area contributed by atoms with Crippen molar-refractivity contribution in [1.82, 2.24) is 9.97 Å². The standard InChI is InChI=1S/C15H23N3O3/c1-5-15(13(19)20)7-6-8-18(15)14-16-11(4)9-12(17-14)21-10(2)3/h9-10H,5-8H2,1-4H3,(H,19,20). The Morgan fingerprint density at radius 2 is 2.24 bits per heavy atom. The highest BCUT2D eigenvalue weighted by Crippen LogP contribution is 2.36. The van der Waals surface area contributed by atoms with Crippen molar-refractivity contribution in [3.63, 3.8) is 0 Å². The molecule has 0 aromatic carbocycles. The number of hydrogen-bond donors (Lipinski definition) is 1. The molecule has 0 saturated carbocycles. The average Bonchev–Trinajstić information content (AvgIpc) is 2.82. The van der Waals surface area contributed by atoms with Crippen LogP contribution in [0.3, 0.4) is 0 Å². The average molecular weight is 293 g/mol. The minimum atomic E-state index is -0.900. The zero-order valence-electron chi connectivity index (χ0n) is 13.1. The highest BCUT2D eigenvalue weighted by molar-refractivity contribution is 5.83. The lowest BCUT2D eigenvalue weighted by Gasteiger charge is -2.34. The van der Waals surface area contributed by atoms with Gasteiger partial charge >= 0.3 is 5.97 Å². The summed E-state index contributed by atoms with van der Waals surface area (Å²) >= 11 is 0. The molecule has 0 bridgehead atoms. The fourth-order valence-corrected chi connectivity index (χ4v) is 2.86. The van der Waals surface area contributed by atoms with Gasteiger partial charge in [-0.15, -0.1) is 0 Å². The lowest BCUT2D eigenvalue weighted by molar-refractivity contribution is -0.143. The van der Waals surface area contributed by atoms with Crippen molar-refractivity contribution in [2.45, 2.75) is 58.6 Å². The summed E-state index contributed by atoms with van der Waals surface area (Å²) in [6.45, 7) is 8.28. The Morgan fingerprint density at radius 3 is 2.81 bits per heavy atom. The third-order valence-corrected chi connectivity index (χ3v) is 3.89. The first-order chi connectivity index (χ1) is 9.89. The topological polar surface area (TPSA) is 75.5 Å². The minimum absolute atomic E-state index is 0.0149. The first kappa shape index (κ1) is 15.5. The molecule has 1 aliphatic rings. The number of aliphatic carboxylic acids is 1. The summed E-state index contributed by atoms with van der Waals surface area (Å²) in [5.74, 6) is 0.140. The van der Waals surface area contributed by atoms with Crippen LogP contribution < -0.4 is 9.64 Å². The van der Waals surface area contributed by atoms with E-state index >= 15 is 0 Å². The smallest absolute Gasteiger partial charge is 0.329 e. The zero-order chi connectivity index (χ0) is 15.6. The van der Waals surface area contributed by atoms with Crippen molar-refractivity contribution in [2.75, 3.05) is 11.4 Å². The van der Waals surface area contributed by atoms with E-state index in [0.29, 0.717) is 31.2 Å². The van der Waals surface area contributed by atoms with E-state index in [1.165, 1.54) is 0 Å². The molecule has 2 heterocycles. The van der Waals surface area contributed by atoms with Gasteiger partial charge in [0.05, 0.1) is 6.10 Å². The summed E-state index contributed by atoms with van der Waals surface area (Å²) in [7, 11) is 0. The number of carbonyl (C=O) groups is 1. The van der Waals surface area contributed by atoms with E-state index in [2.05, 4.69) is 9.97 Å². The maximum absolute atomic E-state index is 11.8. The number of ether oxygens (including phenoxy) is 1. The van der Waals surface area contributed by atoms with Crippen LogP contribution in [-0.4, -0.2) is 39.2 Å². The normalized spacial score (nSPS) is 21.9. The van der Waals surface area contributed by atoms with Crippen molar-refractivity contribution < 1.29 is 14.6 Å². The monoisotopic (exact) mass is 293 g/mol. The van der Waals surface area contributed by atoms with Crippen molar-refractivity contribution in [3.05, 3.63) is 11.8 Å². The molecule has 1 atom stereocenters. The Bertz CT molecular complexity index is 533. The van der Waals surface area contributed by atoms with E-state index in [4.69, 9.17) is 4.74 Å².